The third-order valence-electron chi connectivity index (χ3n) is 5.10. The van der Waals surface area contributed by atoms with Crippen molar-refractivity contribution in [1.82, 2.24) is 10.6 Å². The Bertz CT molecular complexity index is 755. The van der Waals surface area contributed by atoms with E-state index in [9.17, 15) is 4.79 Å². The van der Waals surface area contributed by atoms with Gasteiger partial charge in [-0.1, -0.05) is 24.3 Å². The van der Waals surface area contributed by atoms with Gasteiger partial charge in [0.2, 0.25) is 0 Å². The fourth-order valence-corrected chi connectivity index (χ4v) is 3.60. The molecule has 7 nitrogen and oxygen atoms in total. The lowest BCUT2D eigenvalue weighted by Crippen LogP contribution is -2.33. The summed E-state index contributed by atoms with van der Waals surface area (Å²) in [7, 11) is 1.91. The summed E-state index contributed by atoms with van der Waals surface area (Å²) in [4.78, 5) is 11.8. The smallest absolute Gasteiger partial charge is 0.407 e. The second-order valence-electron chi connectivity index (χ2n) is 7.36. The largest absolute Gasteiger partial charge is 0.446 e. The molecule has 1 atom stereocenters. The van der Waals surface area contributed by atoms with Crippen molar-refractivity contribution < 1.29 is 9.53 Å². The summed E-state index contributed by atoms with van der Waals surface area (Å²) in [5.41, 5.74) is 10.2. The summed E-state index contributed by atoms with van der Waals surface area (Å²) in [5, 5.41) is 22.7. The van der Waals surface area contributed by atoms with E-state index < -0.39 is 6.09 Å². The molecule has 1 amide bonds. The van der Waals surface area contributed by atoms with Crippen LogP contribution < -0.4 is 16.4 Å². The highest BCUT2D eigenvalue weighted by molar-refractivity contribution is 6.15. The minimum atomic E-state index is -0.437. The average molecular weight is 400 g/mol. The van der Waals surface area contributed by atoms with Gasteiger partial charge in [-0.15, -0.1) is 0 Å². The Morgan fingerprint density at radius 1 is 1.17 bits per heavy atom. The summed E-state index contributed by atoms with van der Waals surface area (Å²) in [6.07, 6.45) is 2.91. The molecule has 0 saturated carbocycles. The quantitative estimate of drug-likeness (QED) is 0.431. The Kier molecular flexibility index (Phi) is 9.02. The fourth-order valence-electron chi connectivity index (χ4n) is 3.60. The Hall–Kier alpha value is -2.51. The molecule has 0 aromatic heterocycles. The maximum Gasteiger partial charge on any atom is 0.407 e. The van der Waals surface area contributed by atoms with Crippen LogP contribution in [-0.2, 0) is 11.3 Å². The monoisotopic (exact) mass is 399 g/mol. The van der Waals surface area contributed by atoms with Gasteiger partial charge in [0.05, 0.1) is 5.71 Å². The van der Waals surface area contributed by atoms with Crippen LogP contribution in [0.3, 0.4) is 0 Å². The predicted octanol–water partition coefficient (Wildman–Crippen LogP) is 3.13. The van der Waals surface area contributed by atoms with E-state index in [1.54, 1.807) is 6.92 Å². The third kappa shape index (κ3) is 6.80. The molecule has 0 fully saturated rings. The highest BCUT2D eigenvalue weighted by Crippen LogP contribution is 2.28. The number of amides is 1. The molecule has 0 heterocycles. The van der Waals surface area contributed by atoms with Crippen LogP contribution in [0.1, 0.15) is 50.2 Å². The molecule has 6 N–H and O–H groups in total. The molecule has 0 radical (unpaired) electrons. The van der Waals surface area contributed by atoms with Crippen LogP contribution in [0.4, 0.5) is 4.79 Å². The first kappa shape index (κ1) is 22.8. The summed E-state index contributed by atoms with van der Waals surface area (Å²) in [5.74, 6) is 0. The molecule has 1 aromatic rings. The maximum absolute atomic E-state index is 11.8. The lowest BCUT2D eigenvalue weighted by molar-refractivity contribution is 0.0862. The molecule has 0 spiro atoms. The summed E-state index contributed by atoms with van der Waals surface area (Å²) in [6, 6.07) is 8.02. The van der Waals surface area contributed by atoms with Crippen molar-refractivity contribution in [3.05, 3.63) is 46.5 Å². The number of rotatable bonds is 8. The van der Waals surface area contributed by atoms with Crippen molar-refractivity contribution in [3.8, 4) is 0 Å². The number of hydrogen-bond acceptors (Lipinski definition) is 6. The number of benzene rings is 1. The second-order valence-corrected chi connectivity index (χ2v) is 7.36. The summed E-state index contributed by atoms with van der Waals surface area (Å²) in [6.45, 7) is 3.33. The van der Waals surface area contributed by atoms with Gasteiger partial charge in [0.15, 0.2) is 0 Å². The first-order valence-electron chi connectivity index (χ1n) is 10.2. The number of allylic oxidation sites excluding steroid dienone is 2. The topological polar surface area (TPSA) is 124 Å². The van der Waals surface area contributed by atoms with E-state index in [1.165, 1.54) is 5.56 Å². The molecule has 1 aliphatic carbocycles. The Morgan fingerprint density at radius 3 is 2.52 bits per heavy atom. The number of nitrogens with one attached hydrogen (secondary N) is 4. The first-order valence-corrected chi connectivity index (χ1v) is 10.2. The van der Waals surface area contributed by atoms with E-state index in [4.69, 9.17) is 21.3 Å². The van der Waals surface area contributed by atoms with Crippen molar-refractivity contribution in [2.75, 3.05) is 20.1 Å². The minimum absolute atomic E-state index is 0.182. The predicted molar refractivity (Wildman–Crippen MR) is 117 cm³/mol. The van der Waals surface area contributed by atoms with E-state index in [1.807, 2.05) is 31.3 Å². The number of nitrogens with two attached hydrogens (primary N) is 1. The average Bonchev–Trinajstić information content (AvgIpc) is 2.68. The zero-order valence-electron chi connectivity index (χ0n) is 17.4. The number of ether oxygens (including phenoxy) is 1. The van der Waals surface area contributed by atoms with E-state index in [0.29, 0.717) is 43.8 Å². The van der Waals surface area contributed by atoms with Crippen molar-refractivity contribution in [2.45, 2.75) is 51.7 Å². The standard InChI is InChI=1S/C22H33N5O2/c1-15(24)19-11-10-18(29-22(28)27-13-12-23)4-3-5-20(19)21(25)17-8-6-16(7-9-17)14-26-2/h6-9,18,24-26H,3-5,10-14,23H2,1-2H3,(H,27,28)/b20-19-,24-15?,25-21?. The molecule has 1 unspecified atom stereocenters. The molecular formula is C22H33N5O2. The molecule has 0 saturated heterocycles. The van der Waals surface area contributed by atoms with Crippen LogP contribution in [0.25, 0.3) is 0 Å². The van der Waals surface area contributed by atoms with Crippen molar-refractivity contribution in [3.63, 3.8) is 0 Å². The summed E-state index contributed by atoms with van der Waals surface area (Å²) >= 11 is 0. The van der Waals surface area contributed by atoms with Gasteiger partial charge in [-0.25, -0.2) is 4.79 Å². The molecule has 1 aliphatic rings. The zero-order chi connectivity index (χ0) is 21.2. The van der Waals surface area contributed by atoms with Gasteiger partial charge in [0.1, 0.15) is 6.10 Å². The molecule has 1 aromatic carbocycles. The Balaban J connectivity index is 2.14. The highest BCUT2D eigenvalue weighted by Gasteiger charge is 2.22. The lowest BCUT2D eigenvalue weighted by Gasteiger charge is -2.24. The molecule has 0 bridgehead atoms. The fraction of sp³-hybridized carbons (Fsp3) is 0.500. The van der Waals surface area contributed by atoms with Crippen molar-refractivity contribution in [2.24, 2.45) is 5.73 Å². The van der Waals surface area contributed by atoms with E-state index in [2.05, 4.69) is 10.6 Å². The Morgan fingerprint density at radius 2 is 1.90 bits per heavy atom. The molecule has 0 aliphatic heterocycles. The van der Waals surface area contributed by atoms with Crippen LogP contribution in [-0.4, -0.2) is 43.8 Å². The lowest BCUT2D eigenvalue weighted by atomic mass is 9.85. The summed E-state index contributed by atoms with van der Waals surface area (Å²) < 4.78 is 5.52. The van der Waals surface area contributed by atoms with E-state index in [-0.39, 0.29) is 6.10 Å². The third-order valence-corrected chi connectivity index (χ3v) is 5.10. The van der Waals surface area contributed by atoms with Crippen LogP contribution in [0.15, 0.2) is 35.4 Å². The number of alkyl carbamates (subject to hydrolysis) is 1. The van der Waals surface area contributed by atoms with Gasteiger partial charge in [0, 0.05) is 25.3 Å². The molecule has 29 heavy (non-hydrogen) atoms. The van der Waals surface area contributed by atoms with E-state index in [0.717, 1.165) is 36.1 Å². The van der Waals surface area contributed by atoms with Gasteiger partial charge >= 0.3 is 6.09 Å². The number of hydrogen-bond donors (Lipinski definition) is 5. The second kappa shape index (κ2) is 11.5. The highest BCUT2D eigenvalue weighted by atomic mass is 16.6. The van der Waals surface area contributed by atoms with Crippen molar-refractivity contribution >= 4 is 17.5 Å². The normalized spacial score (nSPS) is 19.8. The number of carbonyl (C=O) groups is 1. The van der Waals surface area contributed by atoms with Crippen LogP contribution >= 0.6 is 0 Å². The SMILES string of the molecule is CNCc1ccc(C(=N)/C2=C(\C(C)=N)CCC(OC(=O)NCCN)CCC2)cc1. The Labute approximate surface area is 173 Å². The molecule has 2 rings (SSSR count). The maximum atomic E-state index is 11.8. The van der Waals surface area contributed by atoms with Gasteiger partial charge in [-0.3, -0.25) is 5.41 Å². The molecule has 158 valence electrons. The number of carbonyl (C=O) groups excluding carboxylic acids is 1. The van der Waals surface area contributed by atoms with Gasteiger partial charge in [0.25, 0.3) is 0 Å². The van der Waals surface area contributed by atoms with Gasteiger partial charge in [-0.2, -0.15) is 0 Å². The van der Waals surface area contributed by atoms with Crippen LogP contribution in [0.2, 0.25) is 0 Å². The van der Waals surface area contributed by atoms with E-state index >= 15 is 0 Å². The minimum Gasteiger partial charge on any atom is -0.446 e. The van der Waals surface area contributed by atoms with Crippen LogP contribution in [0.5, 0.6) is 0 Å². The zero-order valence-corrected chi connectivity index (χ0v) is 17.4. The van der Waals surface area contributed by atoms with Crippen LogP contribution in [0, 0.1) is 10.8 Å². The molecular weight excluding hydrogens is 366 g/mol. The van der Waals surface area contributed by atoms with Gasteiger partial charge < -0.3 is 26.5 Å². The van der Waals surface area contributed by atoms with Crippen molar-refractivity contribution in [1.29, 1.82) is 10.8 Å². The first-order chi connectivity index (χ1) is 14.0. The van der Waals surface area contributed by atoms with Gasteiger partial charge in [-0.05, 0) is 68.3 Å². The molecule has 7 heteroatoms.